The summed E-state index contributed by atoms with van der Waals surface area (Å²) in [6.45, 7) is 0. The first kappa shape index (κ1) is 46.0. The third kappa shape index (κ3) is 10.1. The molecule has 21 aromatic rings. The van der Waals surface area contributed by atoms with Crippen LogP contribution in [0.25, 0.3) is 208 Å². The van der Waals surface area contributed by atoms with Crippen molar-refractivity contribution >= 4 is 119 Å². The number of fused-ring (bicyclic) bond motifs is 13. The van der Waals surface area contributed by atoms with Crippen LogP contribution in [0.5, 0.6) is 0 Å². The predicted octanol–water partition coefficient (Wildman–Crippen LogP) is 28.6. The zero-order chi connectivity index (χ0) is 79.4. The molecular formula is C100H62O2. The van der Waals surface area contributed by atoms with Gasteiger partial charge in [-0.1, -0.05) is 309 Å². The fourth-order valence-electron chi connectivity index (χ4n) is 15.0. The number of rotatable bonds is 8. The van der Waals surface area contributed by atoms with Crippen molar-refractivity contribution in [2.75, 3.05) is 0 Å². The van der Waals surface area contributed by atoms with E-state index in [4.69, 9.17) is 14.3 Å². The average molecular weight is 1310 g/mol. The second kappa shape index (κ2) is 24.2. The third-order valence-electron chi connectivity index (χ3n) is 19.9. The van der Waals surface area contributed by atoms with Crippen LogP contribution in [0.4, 0.5) is 0 Å². The van der Waals surface area contributed by atoms with Gasteiger partial charge in [0.15, 0.2) is 0 Å². The molecular weight excluding hydrogens is 1230 g/mol. The second-order valence-corrected chi connectivity index (χ2v) is 25.8. The van der Waals surface area contributed by atoms with Gasteiger partial charge in [-0.25, -0.2) is 0 Å². The molecule has 0 amide bonds. The zero-order valence-corrected chi connectivity index (χ0v) is 54.5. The molecule has 2 nitrogen and oxygen atoms in total. The van der Waals surface area contributed by atoms with Crippen molar-refractivity contribution in [2.45, 2.75) is 0 Å². The molecule has 19 aromatic carbocycles. The van der Waals surface area contributed by atoms with E-state index in [9.17, 15) is 13.7 Å². The highest BCUT2D eigenvalue weighted by Crippen LogP contribution is 2.49. The molecule has 474 valence electrons. The lowest BCUT2D eigenvalue weighted by atomic mass is 9.84. The van der Waals surface area contributed by atoms with E-state index in [1.807, 2.05) is 224 Å². The molecule has 0 radical (unpaired) electrons. The molecule has 0 spiro atoms. The van der Waals surface area contributed by atoms with Gasteiger partial charge < -0.3 is 8.83 Å². The lowest BCUT2D eigenvalue weighted by molar-refractivity contribution is 0.669. The van der Waals surface area contributed by atoms with E-state index in [0.29, 0.717) is 88.7 Å². The Labute approximate surface area is 609 Å². The lowest BCUT2D eigenvalue weighted by Gasteiger charge is -2.19. The van der Waals surface area contributed by atoms with E-state index in [-0.39, 0.29) is 104 Å². The Hall–Kier alpha value is -13.4. The SMILES string of the molecule is [2H]c1c([2H])c([2H])c2c(-c3ccc(-c4ccc5ccccc5c4)cc3)c3c([2H])c(-c4ccccc4)c([2H])c([2H])c3c(-c3ccc4oc5cc6ccccc6cc5c4c3)c2c1[2H].[2H]c1c([2H])c([2H])c2c(-c3ccc(-c4ccc5ccccc5c4)cc3)c3c([2H])c(-c4ccccc4)c([2H])c([2H])c3c(-c3ccc4oc5ccccc5c4c3)c2c1[2H]. The van der Waals surface area contributed by atoms with E-state index in [2.05, 4.69) is 66.7 Å². The molecule has 0 unspecified atom stereocenters. The highest BCUT2D eigenvalue weighted by Gasteiger charge is 2.22. The van der Waals surface area contributed by atoms with E-state index in [1.165, 1.54) is 0 Å². The van der Waals surface area contributed by atoms with E-state index in [0.717, 1.165) is 76.1 Å². The Balaban J connectivity index is 0.000000150. The Morgan fingerprint density at radius 2 is 0.490 bits per heavy atom. The molecule has 0 atom stereocenters. The summed E-state index contributed by atoms with van der Waals surface area (Å²) in [6, 6.07) is 90.9. The largest absolute Gasteiger partial charge is 0.456 e. The lowest BCUT2D eigenvalue weighted by Crippen LogP contribution is -1.92. The fraction of sp³-hybridized carbons (Fsp3) is 0. The minimum Gasteiger partial charge on any atom is -0.456 e. The number of furan rings is 2. The van der Waals surface area contributed by atoms with Crippen LogP contribution in [0.1, 0.15) is 19.2 Å². The number of benzene rings is 19. The van der Waals surface area contributed by atoms with Crippen LogP contribution in [0, 0.1) is 0 Å². The average Bonchev–Trinajstić information content (AvgIpc) is 0.703. The summed E-state index contributed by atoms with van der Waals surface area (Å²) in [5.74, 6) is 0. The number of hydrogen-bond acceptors (Lipinski definition) is 2. The van der Waals surface area contributed by atoms with Crippen molar-refractivity contribution in [1.29, 1.82) is 0 Å². The van der Waals surface area contributed by atoms with Gasteiger partial charge in [-0.05, 0) is 231 Å². The molecule has 21 rings (SSSR count). The van der Waals surface area contributed by atoms with Crippen LogP contribution >= 0.6 is 0 Å². The molecule has 0 aliphatic rings. The Kier molecular flexibility index (Phi) is 10.9. The van der Waals surface area contributed by atoms with Gasteiger partial charge in [0.05, 0.1) is 19.2 Å². The van der Waals surface area contributed by atoms with Crippen LogP contribution in [-0.2, 0) is 0 Å². The fourth-order valence-corrected chi connectivity index (χ4v) is 15.0. The van der Waals surface area contributed by atoms with Crippen molar-refractivity contribution in [2.24, 2.45) is 0 Å². The second-order valence-electron chi connectivity index (χ2n) is 25.8. The number of hydrogen-bond donors (Lipinski definition) is 0. The summed E-state index contributed by atoms with van der Waals surface area (Å²) in [6.07, 6.45) is 0. The van der Waals surface area contributed by atoms with Gasteiger partial charge in [0.1, 0.15) is 22.3 Å². The maximum atomic E-state index is 9.99. The summed E-state index contributed by atoms with van der Waals surface area (Å²) in [5.41, 5.74) is 12.4. The number of para-hydroxylation sites is 1. The standard InChI is InChI=1S/C52H32O.C48H30O/c1-2-10-33(11-3-1)41-24-26-45-48(30-41)51(36-21-18-35(19-22-36)40-23-20-34-12-4-5-13-37(34)28-40)43-16-8-9-17-44(43)52(45)42-25-27-49-46(31-42)47-29-38-14-6-7-15-39(38)32-50(47)53-49;1-2-10-31(11-3-1)37-24-26-42-44(29-37)47(34-21-18-33(19-22-34)36-23-20-32-12-4-5-13-35(32)28-36)40-15-6-7-16-41(40)48(42)38-25-27-46-43(30-38)39-14-8-9-17-45(39)49-46/h1-32H;1-30H/i8D,9D,16D,17D,24D,26D,30D;6D,7D,15D,16D,24D,26D,29D. The summed E-state index contributed by atoms with van der Waals surface area (Å²) in [7, 11) is 0. The van der Waals surface area contributed by atoms with Crippen molar-refractivity contribution in [1.82, 2.24) is 0 Å². The summed E-state index contributed by atoms with van der Waals surface area (Å²) >= 11 is 0. The van der Waals surface area contributed by atoms with E-state index in [1.54, 1.807) is 0 Å². The molecule has 0 aliphatic carbocycles. The Morgan fingerprint density at radius 1 is 0.167 bits per heavy atom. The molecule has 0 bridgehead atoms. The normalized spacial score (nSPS) is 13.6. The van der Waals surface area contributed by atoms with E-state index >= 15 is 0 Å². The van der Waals surface area contributed by atoms with Crippen molar-refractivity contribution in [3.8, 4) is 89.0 Å². The predicted molar refractivity (Wildman–Crippen MR) is 433 cm³/mol. The minimum atomic E-state index is -0.406. The van der Waals surface area contributed by atoms with Crippen LogP contribution in [0.2, 0.25) is 0 Å². The van der Waals surface area contributed by atoms with Crippen LogP contribution in [0.15, 0.2) is 385 Å². The molecule has 2 heteroatoms. The summed E-state index contributed by atoms with van der Waals surface area (Å²) < 4.78 is 144. The first-order valence-corrected chi connectivity index (χ1v) is 33.9. The highest BCUT2D eigenvalue weighted by atomic mass is 16.3. The molecule has 0 saturated heterocycles. The first-order valence-electron chi connectivity index (χ1n) is 40.9. The maximum Gasteiger partial charge on any atom is 0.136 e. The molecule has 0 aliphatic heterocycles. The monoisotopic (exact) mass is 1310 g/mol. The molecule has 2 aromatic heterocycles. The summed E-state index contributed by atoms with van der Waals surface area (Å²) in [5, 5.41) is 12.1. The van der Waals surface area contributed by atoms with Gasteiger partial charge in [-0.3, -0.25) is 0 Å². The Morgan fingerprint density at radius 3 is 0.971 bits per heavy atom. The van der Waals surface area contributed by atoms with Gasteiger partial charge in [0.2, 0.25) is 0 Å². The van der Waals surface area contributed by atoms with Gasteiger partial charge in [-0.15, -0.1) is 0 Å². The molecule has 0 N–H and O–H groups in total. The van der Waals surface area contributed by atoms with E-state index < -0.39 is 24.2 Å². The van der Waals surface area contributed by atoms with Crippen molar-refractivity contribution in [3.05, 3.63) is 376 Å². The molecule has 0 fully saturated rings. The van der Waals surface area contributed by atoms with Crippen LogP contribution in [0.3, 0.4) is 0 Å². The zero-order valence-electron chi connectivity index (χ0n) is 68.5. The van der Waals surface area contributed by atoms with Crippen molar-refractivity contribution in [3.63, 3.8) is 0 Å². The van der Waals surface area contributed by atoms with Gasteiger partial charge in [0.25, 0.3) is 0 Å². The maximum absolute atomic E-state index is 9.99. The topological polar surface area (TPSA) is 26.3 Å². The molecule has 0 saturated carbocycles. The smallest absolute Gasteiger partial charge is 0.136 e. The van der Waals surface area contributed by atoms with Gasteiger partial charge >= 0.3 is 0 Å². The van der Waals surface area contributed by atoms with Crippen LogP contribution in [-0.4, -0.2) is 0 Å². The molecule has 2 heterocycles. The molecule has 102 heavy (non-hydrogen) atoms. The van der Waals surface area contributed by atoms with Crippen molar-refractivity contribution < 1.29 is 28.0 Å². The van der Waals surface area contributed by atoms with Crippen LogP contribution < -0.4 is 0 Å². The third-order valence-corrected chi connectivity index (χ3v) is 19.9. The van der Waals surface area contributed by atoms with Gasteiger partial charge in [0, 0.05) is 21.5 Å². The van der Waals surface area contributed by atoms with Gasteiger partial charge in [-0.2, -0.15) is 0 Å². The minimum absolute atomic E-state index is 0.00248. The first-order chi connectivity index (χ1) is 56.4. The Bertz CT molecular complexity index is 7790. The summed E-state index contributed by atoms with van der Waals surface area (Å²) in [4.78, 5) is 0. The quantitative estimate of drug-likeness (QED) is 0.142. The highest BCUT2D eigenvalue weighted by molar-refractivity contribution is 6.25.